The van der Waals surface area contributed by atoms with E-state index in [4.69, 9.17) is 10.5 Å². The molecule has 0 aliphatic carbocycles. The van der Waals surface area contributed by atoms with Gasteiger partial charge in [0, 0.05) is 17.8 Å². The average molecular weight is 384 g/mol. The largest absolute Gasteiger partial charge is 0.449 e. The van der Waals surface area contributed by atoms with Crippen LogP contribution >= 0.6 is 0 Å². The molecule has 0 fully saturated rings. The van der Waals surface area contributed by atoms with Gasteiger partial charge in [0.1, 0.15) is 6.54 Å². The first-order valence-electron chi connectivity index (χ1n) is 8.23. The number of nitrogen functional groups attached to an aromatic ring is 1. The number of amides is 2. The van der Waals surface area contributed by atoms with Crippen LogP contribution in [0.15, 0.2) is 42.5 Å². The van der Waals surface area contributed by atoms with Crippen molar-refractivity contribution in [2.45, 2.75) is 13.0 Å². The summed E-state index contributed by atoms with van der Waals surface area (Å²) >= 11 is 0. The maximum Gasteiger partial charge on any atom is 0.341 e. The van der Waals surface area contributed by atoms with Gasteiger partial charge in [0.15, 0.2) is 6.10 Å². The number of fused-ring (bicyclic) bond motifs is 1. The van der Waals surface area contributed by atoms with Crippen molar-refractivity contribution in [3.63, 3.8) is 0 Å². The number of benzene rings is 2. The average Bonchev–Trinajstić information content (AvgIpc) is 2.66. The molecule has 0 aromatic heterocycles. The summed E-state index contributed by atoms with van der Waals surface area (Å²) < 4.78 is 5.15. The number of nitro groups is 1. The van der Waals surface area contributed by atoms with Gasteiger partial charge in [0.25, 0.3) is 11.6 Å². The highest BCUT2D eigenvalue weighted by atomic mass is 16.6. The second kappa shape index (κ2) is 7.35. The maximum absolute atomic E-state index is 12.8. The Labute approximate surface area is 159 Å². The summed E-state index contributed by atoms with van der Waals surface area (Å²) in [6.45, 7) is 1.12. The second-order valence-corrected chi connectivity index (χ2v) is 6.07. The predicted molar refractivity (Wildman–Crippen MR) is 99.8 cm³/mol. The van der Waals surface area contributed by atoms with Gasteiger partial charge in [-0.25, -0.2) is 4.79 Å². The number of anilines is 3. The lowest BCUT2D eigenvalue weighted by Gasteiger charge is -2.30. The van der Waals surface area contributed by atoms with Crippen LogP contribution in [0.2, 0.25) is 0 Å². The van der Waals surface area contributed by atoms with Crippen LogP contribution in [0.5, 0.6) is 0 Å². The van der Waals surface area contributed by atoms with Gasteiger partial charge >= 0.3 is 5.97 Å². The van der Waals surface area contributed by atoms with Gasteiger partial charge in [-0.05, 0) is 25.1 Å². The smallest absolute Gasteiger partial charge is 0.341 e. The van der Waals surface area contributed by atoms with E-state index in [1.54, 1.807) is 24.3 Å². The molecule has 144 valence electrons. The highest BCUT2D eigenvalue weighted by Gasteiger charge is 2.32. The molecule has 2 amide bonds. The molecule has 0 unspecified atom stereocenters. The van der Waals surface area contributed by atoms with E-state index in [0.29, 0.717) is 11.4 Å². The van der Waals surface area contributed by atoms with Gasteiger partial charge in [0.05, 0.1) is 21.9 Å². The molecule has 0 spiro atoms. The number of carbonyl (C=O) groups is 3. The third-order valence-electron chi connectivity index (χ3n) is 4.14. The Morgan fingerprint density at radius 1 is 1.29 bits per heavy atom. The van der Waals surface area contributed by atoms with Gasteiger partial charge in [-0.15, -0.1) is 0 Å². The van der Waals surface area contributed by atoms with Crippen LogP contribution < -0.4 is 16.0 Å². The second-order valence-electron chi connectivity index (χ2n) is 6.07. The lowest BCUT2D eigenvalue weighted by Crippen LogP contribution is -2.47. The van der Waals surface area contributed by atoms with E-state index in [-0.39, 0.29) is 29.4 Å². The molecule has 0 saturated heterocycles. The fraction of sp³-hybridized carbons (Fsp3) is 0.167. The molecular formula is C18H16N4O6. The van der Waals surface area contributed by atoms with E-state index in [0.717, 1.165) is 12.1 Å². The number of rotatable bonds is 4. The maximum atomic E-state index is 12.8. The zero-order chi connectivity index (χ0) is 20.4. The first kappa shape index (κ1) is 18.8. The third-order valence-corrected chi connectivity index (χ3v) is 4.14. The summed E-state index contributed by atoms with van der Waals surface area (Å²) in [6.07, 6.45) is -1.25. The summed E-state index contributed by atoms with van der Waals surface area (Å²) in [6, 6.07) is 10.1. The van der Waals surface area contributed by atoms with E-state index < -0.39 is 22.9 Å². The number of nitrogens with two attached hydrogens (primary N) is 1. The van der Waals surface area contributed by atoms with Crippen molar-refractivity contribution in [2.24, 2.45) is 0 Å². The number of nitrogens with zero attached hydrogens (tertiary/aromatic N) is 2. The van der Waals surface area contributed by atoms with E-state index in [9.17, 15) is 24.5 Å². The van der Waals surface area contributed by atoms with Crippen molar-refractivity contribution >= 4 is 40.5 Å². The Balaban J connectivity index is 1.80. The summed E-state index contributed by atoms with van der Waals surface area (Å²) in [7, 11) is 0. The Hall–Kier alpha value is -3.95. The van der Waals surface area contributed by atoms with Crippen LogP contribution in [-0.2, 0) is 14.3 Å². The number of carbonyl (C=O) groups excluding carboxylic acids is 3. The quantitative estimate of drug-likeness (QED) is 0.353. The zero-order valence-electron chi connectivity index (χ0n) is 14.7. The molecule has 1 aliphatic heterocycles. The van der Waals surface area contributed by atoms with Gasteiger partial charge < -0.3 is 15.8 Å². The minimum atomic E-state index is -1.25. The van der Waals surface area contributed by atoms with Crippen LogP contribution in [0, 0.1) is 10.1 Å². The van der Waals surface area contributed by atoms with E-state index in [1.807, 2.05) is 0 Å². The van der Waals surface area contributed by atoms with Crippen LogP contribution in [0.3, 0.4) is 0 Å². The molecule has 10 nitrogen and oxygen atoms in total. The van der Waals surface area contributed by atoms with Crippen molar-refractivity contribution in [1.29, 1.82) is 0 Å². The Morgan fingerprint density at radius 3 is 2.71 bits per heavy atom. The minimum Gasteiger partial charge on any atom is -0.449 e. The number of hydrogen-bond acceptors (Lipinski definition) is 7. The summed E-state index contributed by atoms with van der Waals surface area (Å²) in [5.41, 5.74) is 6.07. The van der Waals surface area contributed by atoms with Crippen LogP contribution in [0.4, 0.5) is 22.7 Å². The fourth-order valence-electron chi connectivity index (χ4n) is 2.76. The van der Waals surface area contributed by atoms with Crippen molar-refractivity contribution in [3.8, 4) is 0 Å². The number of non-ortho nitro benzene ring substituents is 1. The number of para-hydroxylation sites is 2. The summed E-state index contributed by atoms with van der Waals surface area (Å²) in [4.78, 5) is 48.4. The Kier molecular flexibility index (Phi) is 4.94. The topological polar surface area (TPSA) is 145 Å². The molecule has 2 aromatic carbocycles. The number of esters is 1. The van der Waals surface area contributed by atoms with E-state index in [1.165, 1.54) is 17.9 Å². The van der Waals surface area contributed by atoms with E-state index in [2.05, 4.69) is 5.32 Å². The highest BCUT2D eigenvalue weighted by molar-refractivity contribution is 6.11. The lowest BCUT2D eigenvalue weighted by molar-refractivity contribution is -0.384. The van der Waals surface area contributed by atoms with Gasteiger partial charge in [0.2, 0.25) is 5.91 Å². The highest BCUT2D eigenvalue weighted by Crippen LogP contribution is 2.29. The summed E-state index contributed by atoms with van der Waals surface area (Å²) in [5.74, 6) is -1.97. The molecule has 10 heteroatoms. The normalized spacial score (nSPS) is 13.9. The van der Waals surface area contributed by atoms with Crippen LogP contribution in [-0.4, -0.2) is 35.4 Å². The van der Waals surface area contributed by atoms with Crippen molar-refractivity contribution in [2.75, 3.05) is 22.5 Å². The zero-order valence-corrected chi connectivity index (χ0v) is 14.7. The molecule has 2 aromatic rings. The molecule has 3 rings (SSSR count). The van der Waals surface area contributed by atoms with Crippen molar-refractivity contribution in [1.82, 2.24) is 0 Å². The van der Waals surface area contributed by atoms with Gasteiger partial charge in [-0.2, -0.15) is 0 Å². The predicted octanol–water partition coefficient (Wildman–Crippen LogP) is 1.71. The Morgan fingerprint density at radius 2 is 2.00 bits per heavy atom. The van der Waals surface area contributed by atoms with Crippen LogP contribution in [0.1, 0.15) is 17.3 Å². The number of nitro benzene ring substituents is 1. The molecule has 0 radical (unpaired) electrons. The molecule has 3 N–H and O–H groups in total. The van der Waals surface area contributed by atoms with Crippen LogP contribution in [0.25, 0.3) is 0 Å². The molecule has 0 bridgehead atoms. The van der Waals surface area contributed by atoms with Crippen molar-refractivity contribution < 1.29 is 24.0 Å². The van der Waals surface area contributed by atoms with Gasteiger partial charge in [-0.3, -0.25) is 24.6 Å². The minimum absolute atomic E-state index is 0.0158. The molecule has 28 heavy (non-hydrogen) atoms. The summed E-state index contributed by atoms with van der Waals surface area (Å²) in [5, 5.41) is 13.5. The monoisotopic (exact) mass is 384 g/mol. The number of hydrogen-bond donors (Lipinski definition) is 2. The third kappa shape index (κ3) is 3.61. The van der Waals surface area contributed by atoms with Gasteiger partial charge in [-0.1, -0.05) is 12.1 Å². The molecule has 0 saturated carbocycles. The van der Waals surface area contributed by atoms with E-state index >= 15 is 0 Å². The first-order valence-corrected chi connectivity index (χ1v) is 8.23. The van der Waals surface area contributed by atoms with Crippen molar-refractivity contribution in [3.05, 3.63) is 58.1 Å². The standard InChI is InChI=1S/C18H16N4O6/c1-10(28-18(25)12-8-11(22(26)27)6-7-13(12)19)17(24)21-9-16(23)20-14-4-2-3-5-15(14)21/h2-8,10H,9,19H2,1H3,(H,20,23)/t10-/m1/s1. The fourth-order valence-corrected chi connectivity index (χ4v) is 2.76. The molecule has 1 aliphatic rings. The lowest BCUT2D eigenvalue weighted by atomic mass is 10.1. The molecular weight excluding hydrogens is 368 g/mol. The number of nitrogens with one attached hydrogen (secondary N) is 1. The number of ether oxygens (including phenoxy) is 1. The Bertz CT molecular complexity index is 990. The first-order chi connectivity index (χ1) is 13.3. The SMILES string of the molecule is C[C@@H](OC(=O)c1cc([N+](=O)[O-])ccc1N)C(=O)N1CC(=O)Nc2ccccc21. The molecule has 1 atom stereocenters. The molecule has 1 heterocycles.